The van der Waals surface area contributed by atoms with Crippen LogP contribution in [0.2, 0.25) is 5.02 Å². The van der Waals surface area contributed by atoms with Crippen LogP contribution in [-0.4, -0.2) is 9.55 Å². The molecule has 0 aliphatic carbocycles. The molecule has 146 valence electrons. The van der Waals surface area contributed by atoms with Gasteiger partial charge in [0.1, 0.15) is 6.61 Å². The number of nitrogens with zero attached hydrogens (tertiary/aromatic N) is 1. The highest BCUT2D eigenvalue weighted by Gasteiger charge is 2.37. The van der Waals surface area contributed by atoms with Gasteiger partial charge in [0.05, 0.1) is 12.8 Å². The molecular weight excluding hydrogens is 418 g/mol. The molecule has 1 aromatic carbocycles. The molecule has 0 radical (unpaired) electrons. The molecule has 2 aromatic heterocycles. The summed E-state index contributed by atoms with van der Waals surface area (Å²) in [5.41, 5.74) is -1.42. The predicted molar refractivity (Wildman–Crippen MR) is 94.1 cm³/mol. The molecule has 4 rings (SSSR count). The number of rotatable bonds is 4. The van der Waals surface area contributed by atoms with Gasteiger partial charge in [-0.05, 0) is 17.7 Å². The molecule has 0 saturated carbocycles. The summed E-state index contributed by atoms with van der Waals surface area (Å²) in [6.45, 7) is -0.342. The Morgan fingerprint density at radius 1 is 1.32 bits per heavy atom. The molecule has 1 unspecified atom stereocenters. The zero-order valence-corrected chi connectivity index (χ0v) is 15.5. The smallest absolute Gasteiger partial charge is 0.438 e. The number of H-pyrrole nitrogens is 1. The molecule has 9 nitrogen and oxygen atoms in total. The molecule has 0 bridgehead atoms. The standard InChI is InChI=1S/C16H11ClFN2O7P/c17-10-3-1-2-9(4-10)7-24-28(23)25-8-13-12(27-28)5-14(26-13)20-6-11(18)15(21)19-16(20)22/h1-6H,7-8H2,(H,19,21,22). The second-order valence-corrected chi connectivity index (χ2v) is 7.72. The van der Waals surface area contributed by atoms with Crippen molar-refractivity contribution in [2.45, 2.75) is 13.2 Å². The third-order valence-corrected chi connectivity index (χ3v) is 5.28. The zero-order chi connectivity index (χ0) is 19.9. The van der Waals surface area contributed by atoms with Gasteiger partial charge in [0, 0.05) is 11.1 Å². The van der Waals surface area contributed by atoms with Gasteiger partial charge in [-0.2, -0.15) is 4.39 Å². The van der Waals surface area contributed by atoms with E-state index in [0.29, 0.717) is 16.8 Å². The fraction of sp³-hybridized carbons (Fsp3) is 0.125. The first-order valence-corrected chi connectivity index (χ1v) is 9.64. The Balaban J connectivity index is 1.56. The third-order valence-electron chi connectivity index (χ3n) is 3.74. The number of aromatic nitrogens is 2. The van der Waals surface area contributed by atoms with Gasteiger partial charge < -0.3 is 8.94 Å². The fourth-order valence-corrected chi connectivity index (χ4v) is 3.81. The molecule has 1 aliphatic heterocycles. The molecule has 28 heavy (non-hydrogen) atoms. The number of aromatic amines is 1. The van der Waals surface area contributed by atoms with Crippen LogP contribution in [-0.2, 0) is 26.8 Å². The van der Waals surface area contributed by atoms with Gasteiger partial charge in [0.2, 0.25) is 11.7 Å². The van der Waals surface area contributed by atoms with Crippen molar-refractivity contribution < 1.29 is 26.9 Å². The molecule has 0 amide bonds. The fourth-order valence-electron chi connectivity index (χ4n) is 2.44. The zero-order valence-electron chi connectivity index (χ0n) is 13.9. The molecule has 12 heteroatoms. The Morgan fingerprint density at radius 3 is 2.93 bits per heavy atom. The van der Waals surface area contributed by atoms with E-state index in [1.54, 1.807) is 29.2 Å². The van der Waals surface area contributed by atoms with Crippen LogP contribution in [0.3, 0.4) is 0 Å². The van der Waals surface area contributed by atoms with E-state index in [-0.39, 0.29) is 30.6 Å². The van der Waals surface area contributed by atoms with E-state index in [9.17, 15) is 18.5 Å². The van der Waals surface area contributed by atoms with E-state index in [2.05, 4.69) is 0 Å². The Hall–Kier alpha value is -2.65. The van der Waals surface area contributed by atoms with Crippen LogP contribution >= 0.6 is 19.4 Å². The lowest BCUT2D eigenvalue weighted by molar-refractivity contribution is 0.118. The van der Waals surface area contributed by atoms with Crippen LogP contribution in [0.25, 0.3) is 5.88 Å². The number of phosphoric ester groups is 1. The maximum atomic E-state index is 13.5. The molecular formula is C16H11ClFN2O7P. The Morgan fingerprint density at radius 2 is 2.14 bits per heavy atom. The minimum absolute atomic E-state index is 0.00851. The Kier molecular flexibility index (Phi) is 4.72. The van der Waals surface area contributed by atoms with Gasteiger partial charge in [-0.15, -0.1) is 0 Å². The molecule has 1 aliphatic rings. The summed E-state index contributed by atoms with van der Waals surface area (Å²) in [5, 5.41) is 0.491. The lowest BCUT2D eigenvalue weighted by Crippen LogP contribution is -2.30. The summed E-state index contributed by atoms with van der Waals surface area (Å²) in [6.07, 6.45) is 0.668. The number of fused-ring (bicyclic) bond motifs is 1. The van der Waals surface area contributed by atoms with Crippen LogP contribution in [0.15, 0.2) is 50.5 Å². The SMILES string of the molecule is O=c1[nH]c(=O)n(-c2cc3c(o2)COP(=O)(OCc2cccc(Cl)c2)O3)cc1F. The van der Waals surface area contributed by atoms with Crippen molar-refractivity contribution in [2.75, 3.05) is 0 Å². The van der Waals surface area contributed by atoms with Crippen molar-refractivity contribution in [1.29, 1.82) is 0 Å². The predicted octanol–water partition coefficient (Wildman–Crippen LogP) is 3.15. The normalized spacial score (nSPS) is 18.5. The third kappa shape index (κ3) is 3.67. The van der Waals surface area contributed by atoms with E-state index in [0.717, 1.165) is 4.57 Å². The van der Waals surface area contributed by atoms with Crippen LogP contribution in [0.5, 0.6) is 5.75 Å². The van der Waals surface area contributed by atoms with Gasteiger partial charge >= 0.3 is 13.5 Å². The van der Waals surface area contributed by atoms with Crippen molar-refractivity contribution in [3.8, 4) is 11.6 Å². The summed E-state index contributed by atoms with van der Waals surface area (Å²) < 4.78 is 47.9. The average molecular weight is 429 g/mol. The Bertz CT molecular complexity index is 1220. The van der Waals surface area contributed by atoms with Crippen LogP contribution in [0, 0.1) is 5.82 Å². The van der Waals surface area contributed by atoms with Gasteiger partial charge in [0.25, 0.3) is 5.56 Å². The molecule has 1 atom stereocenters. The van der Waals surface area contributed by atoms with E-state index in [4.69, 9.17) is 29.6 Å². The van der Waals surface area contributed by atoms with Crippen LogP contribution in [0.4, 0.5) is 4.39 Å². The quantitative estimate of drug-likeness (QED) is 0.635. The number of halogens is 2. The highest BCUT2D eigenvalue weighted by atomic mass is 35.5. The number of hydrogen-bond donors (Lipinski definition) is 1. The highest BCUT2D eigenvalue weighted by molar-refractivity contribution is 7.49. The minimum Gasteiger partial charge on any atom is -0.438 e. The van der Waals surface area contributed by atoms with Crippen LogP contribution in [0.1, 0.15) is 11.3 Å². The summed E-state index contributed by atoms with van der Waals surface area (Å²) in [6, 6.07) is 7.96. The first-order valence-electron chi connectivity index (χ1n) is 7.81. The molecule has 0 saturated heterocycles. The number of furan rings is 1. The van der Waals surface area contributed by atoms with Gasteiger partial charge in [-0.25, -0.2) is 13.9 Å². The summed E-state index contributed by atoms with van der Waals surface area (Å²) in [5.74, 6) is -1.21. The second kappa shape index (κ2) is 7.06. The second-order valence-electron chi connectivity index (χ2n) is 5.69. The topological polar surface area (TPSA) is 113 Å². The molecule has 0 spiro atoms. The first kappa shape index (κ1) is 18.7. The Labute approximate surface area is 160 Å². The first-order chi connectivity index (χ1) is 13.3. The van der Waals surface area contributed by atoms with Gasteiger partial charge in [-0.1, -0.05) is 23.7 Å². The highest BCUT2D eigenvalue weighted by Crippen LogP contribution is 2.55. The number of hydrogen-bond acceptors (Lipinski definition) is 7. The summed E-state index contributed by atoms with van der Waals surface area (Å²) in [4.78, 5) is 24.8. The number of benzene rings is 1. The van der Waals surface area contributed by atoms with Crippen molar-refractivity contribution in [3.63, 3.8) is 0 Å². The van der Waals surface area contributed by atoms with E-state index in [1.165, 1.54) is 6.07 Å². The van der Waals surface area contributed by atoms with E-state index in [1.807, 2.05) is 0 Å². The van der Waals surface area contributed by atoms with Gasteiger partial charge in [-0.3, -0.25) is 18.8 Å². The summed E-state index contributed by atoms with van der Waals surface area (Å²) in [7, 11) is -3.96. The van der Waals surface area contributed by atoms with Gasteiger partial charge in [0.15, 0.2) is 11.5 Å². The minimum atomic E-state index is -3.96. The number of nitrogens with one attached hydrogen (secondary N) is 1. The molecule has 0 fully saturated rings. The lowest BCUT2D eigenvalue weighted by Gasteiger charge is -2.21. The van der Waals surface area contributed by atoms with Crippen molar-refractivity contribution in [2.24, 2.45) is 0 Å². The molecule has 3 heterocycles. The van der Waals surface area contributed by atoms with Crippen molar-refractivity contribution >= 4 is 19.4 Å². The van der Waals surface area contributed by atoms with E-state index >= 15 is 0 Å². The lowest BCUT2D eigenvalue weighted by atomic mass is 10.2. The molecule has 3 aromatic rings. The maximum absolute atomic E-state index is 13.5. The van der Waals surface area contributed by atoms with Crippen LogP contribution < -0.4 is 15.8 Å². The maximum Gasteiger partial charge on any atom is 0.530 e. The van der Waals surface area contributed by atoms with Crippen molar-refractivity contribution in [3.05, 3.63) is 79.5 Å². The monoisotopic (exact) mass is 428 g/mol. The average Bonchev–Trinajstić information content (AvgIpc) is 3.06. The number of phosphoric acid groups is 1. The largest absolute Gasteiger partial charge is 0.530 e. The summed E-state index contributed by atoms with van der Waals surface area (Å²) >= 11 is 5.89. The van der Waals surface area contributed by atoms with Crippen molar-refractivity contribution in [1.82, 2.24) is 9.55 Å². The van der Waals surface area contributed by atoms with E-state index < -0.39 is 24.9 Å². The molecule has 1 N–H and O–H groups in total.